The summed E-state index contributed by atoms with van der Waals surface area (Å²) in [6.45, 7) is 2.06. The fourth-order valence-corrected chi connectivity index (χ4v) is 3.38. The first-order valence-electron chi connectivity index (χ1n) is 8.03. The molecule has 1 saturated heterocycles. The summed E-state index contributed by atoms with van der Waals surface area (Å²) in [7, 11) is 0. The van der Waals surface area contributed by atoms with Crippen LogP contribution in [0.15, 0.2) is 42.7 Å². The number of hydrogen-bond acceptors (Lipinski definition) is 3. The number of likely N-dealkylation sites (tertiary alicyclic amines) is 1. The zero-order chi connectivity index (χ0) is 16.9. The standard InChI is InChI=1S/C18H19ClFN3O/c19-14-4-3-5-15(20)17(14)16(23-10-1-2-11-23)12-22-18(24)13-6-8-21-9-7-13/h3-9,16H,1-2,10-12H2,(H,22,24). The molecule has 1 aliphatic rings. The Balaban J connectivity index is 1.80. The van der Waals surface area contributed by atoms with E-state index in [9.17, 15) is 9.18 Å². The first-order chi connectivity index (χ1) is 11.7. The highest BCUT2D eigenvalue weighted by Gasteiger charge is 2.28. The number of hydrogen-bond donors (Lipinski definition) is 1. The fraction of sp³-hybridized carbons (Fsp3) is 0.333. The van der Waals surface area contributed by atoms with Crippen molar-refractivity contribution in [2.24, 2.45) is 0 Å². The van der Waals surface area contributed by atoms with Crippen LogP contribution < -0.4 is 5.32 Å². The molecule has 0 radical (unpaired) electrons. The lowest BCUT2D eigenvalue weighted by molar-refractivity contribution is 0.0937. The van der Waals surface area contributed by atoms with Gasteiger partial charge in [-0.2, -0.15) is 0 Å². The number of nitrogens with zero attached hydrogens (tertiary/aromatic N) is 2. The molecule has 24 heavy (non-hydrogen) atoms. The van der Waals surface area contributed by atoms with Gasteiger partial charge < -0.3 is 5.32 Å². The van der Waals surface area contributed by atoms with Crippen LogP contribution >= 0.6 is 11.6 Å². The highest BCUT2D eigenvalue weighted by Crippen LogP contribution is 2.31. The maximum Gasteiger partial charge on any atom is 0.251 e. The van der Waals surface area contributed by atoms with Crippen LogP contribution in [0.1, 0.15) is 34.8 Å². The number of nitrogens with one attached hydrogen (secondary N) is 1. The summed E-state index contributed by atoms with van der Waals surface area (Å²) in [4.78, 5) is 18.4. The van der Waals surface area contributed by atoms with Gasteiger partial charge >= 0.3 is 0 Å². The molecular weight excluding hydrogens is 329 g/mol. The van der Waals surface area contributed by atoms with E-state index in [2.05, 4.69) is 15.2 Å². The van der Waals surface area contributed by atoms with Crippen molar-refractivity contribution in [1.82, 2.24) is 15.2 Å². The largest absolute Gasteiger partial charge is 0.350 e. The fourth-order valence-electron chi connectivity index (χ4n) is 3.09. The molecule has 1 aromatic carbocycles. The number of carbonyl (C=O) groups excluding carboxylic acids is 1. The molecule has 1 atom stereocenters. The molecule has 2 aromatic rings. The van der Waals surface area contributed by atoms with E-state index >= 15 is 0 Å². The topological polar surface area (TPSA) is 45.2 Å². The third-order valence-electron chi connectivity index (χ3n) is 4.31. The summed E-state index contributed by atoms with van der Waals surface area (Å²) in [5, 5.41) is 3.29. The summed E-state index contributed by atoms with van der Waals surface area (Å²) >= 11 is 6.25. The van der Waals surface area contributed by atoms with Crippen molar-refractivity contribution >= 4 is 17.5 Å². The van der Waals surface area contributed by atoms with Gasteiger partial charge in [0.15, 0.2) is 0 Å². The molecule has 1 aromatic heterocycles. The Morgan fingerprint density at radius 2 is 1.96 bits per heavy atom. The lowest BCUT2D eigenvalue weighted by Gasteiger charge is -2.29. The lowest BCUT2D eigenvalue weighted by atomic mass is 10.0. The van der Waals surface area contributed by atoms with Crippen LogP contribution in [-0.2, 0) is 0 Å². The second-order valence-electron chi connectivity index (χ2n) is 5.84. The van der Waals surface area contributed by atoms with Crippen LogP contribution in [0, 0.1) is 5.82 Å². The molecule has 0 spiro atoms. The van der Waals surface area contributed by atoms with E-state index in [4.69, 9.17) is 11.6 Å². The molecule has 3 rings (SSSR count). The van der Waals surface area contributed by atoms with Crippen LogP contribution in [0.4, 0.5) is 4.39 Å². The SMILES string of the molecule is O=C(NCC(c1c(F)cccc1Cl)N1CCCC1)c1ccncc1. The minimum atomic E-state index is -0.336. The summed E-state index contributed by atoms with van der Waals surface area (Å²) < 4.78 is 14.4. The van der Waals surface area contributed by atoms with Gasteiger partial charge in [0.2, 0.25) is 0 Å². The maximum absolute atomic E-state index is 14.4. The Bertz CT molecular complexity index is 684. The Kier molecular flexibility index (Phi) is 5.43. The number of pyridine rings is 1. The number of benzene rings is 1. The van der Waals surface area contributed by atoms with E-state index < -0.39 is 0 Å². The van der Waals surface area contributed by atoms with Crippen molar-refractivity contribution in [2.45, 2.75) is 18.9 Å². The Labute approximate surface area is 145 Å². The van der Waals surface area contributed by atoms with Gasteiger partial charge in [0.05, 0.1) is 6.04 Å². The van der Waals surface area contributed by atoms with Crippen molar-refractivity contribution in [3.63, 3.8) is 0 Å². The molecule has 1 amide bonds. The summed E-state index contributed by atoms with van der Waals surface area (Å²) in [6, 6.07) is 7.72. The van der Waals surface area contributed by atoms with E-state index in [0.29, 0.717) is 22.7 Å². The molecule has 0 aliphatic carbocycles. The summed E-state index contributed by atoms with van der Waals surface area (Å²) in [5.74, 6) is -0.536. The quantitative estimate of drug-likeness (QED) is 0.901. The van der Waals surface area contributed by atoms with Gasteiger partial charge in [-0.1, -0.05) is 17.7 Å². The first-order valence-corrected chi connectivity index (χ1v) is 8.41. The molecule has 126 valence electrons. The Morgan fingerprint density at radius 3 is 2.62 bits per heavy atom. The maximum atomic E-state index is 14.4. The van der Waals surface area contributed by atoms with E-state index in [-0.39, 0.29) is 17.8 Å². The van der Waals surface area contributed by atoms with Gasteiger partial charge in [0.25, 0.3) is 5.91 Å². The number of aromatic nitrogens is 1. The second kappa shape index (κ2) is 7.73. The second-order valence-corrected chi connectivity index (χ2v) is 6.25. The van der Waals surface area contributed by atoms with Crippen LogP contribution in [0.3, 0.4) is 0 Å². The van der Waals surface area contributed by atoms with Crippen LogP contribution in [-0.4, -0.2) is 35.4 Å². The van der Waals surface area contributed by atoms with E-state index in [1.165, 1.54) is 6.07 Å². The van der Waals surface area contributed by atoms with E-state index in [1.54, 1.807) is 36.7 Å². The first kappa shape index (κ1) is 16.9. The monoisotopic (exact) mass is 347 g/mol. The number of amides is 1. The molecule has 1 unspecified atom stereocenters. The third kappa shape index (κ3) is 3.74. The van der Waals surface area contributed by atoms with Crippen molar-refractivity contribution < 1.29 is 9.18 Å². The zero-order valence-electron chi connectivity index (χ0n) is 13.2. The van der Waals surface area contributed by atoms with Crippen molar-refractivity contribution in [3.05, 3.63) is 64.7 Å². The summed E-state index contributed by atoms with van der Waals surface area (Å²) in [6.07, 6.45) is 5.28. The van der Waals surface area contributed by atoms with Gasteiger partial charge in [-0.15, -0.1) is 0 Å². The van der Waals surface area contributed by atoms with Gasteiger partial charge in [-0.3, -0.25) is 14.7 Å². The zero-order valence-corrected chi connectivity index (χ0v) is 14.0. The third-order valence-corrected chi connectivity index (χ3v) is 4.64. The molecule has 2 heterocycles. The molecule has 6 heteroatoms. The van der Waals surface area contributed by atoms with Crippen LogP contribution in [0.2, 0.25) is 5.02 Å². The molecule has 1 aliphatic heterocycles. The van der Waals surface area contributed by atoms with Crippen LogP contribution in [0.5, 0.6) is 0 Å². The highest BCUT2D eigenvalue weighted by atomic mass is 35.5. The molecule has 0 saturated carbocycles. The van der Waals surface area contributed by atoms with Crippen LogP contribution in [0.25, 0.3) is 0 Å². The number of halogens is 2. The average Bonchev–Trinajstić information content (AvgIpc) is 3.12. The minimum Gasteiger partial charge on any atom is -0.350 e. The van der Waals surface area contributed by atoms with Crippen molar-refractivity contribution in [3.8, 4) is 0 Å². The average molecular weight is 348 g/mol. The smallest absolute Gasteiger partial charge is 0.251 e. The predicted octanol–water partition coefficient (Wildman–Crippen LogP) is 3.44. The minimum absolute atomic E-state index is 0.200. The van der Waals surface area contributed by atoms with Crippen molar-refractivity contribution in [2.75, 3.05) is 19.6 Å². The van der Waals surface area contributed by atoms with Gasteiger partial charge in [-0.25, -0.2) is 4.39 Å². The van der Waals surface area contributed by atoms with Gasteiger partial charge in [0.1, 0.15) is 5.82 Å². The van der Waals surface area contributed by atoms with Gasteiger partial charge in [-0.05, 0) is 50.2 Å². The molecule has 1 fully saturated rings. The molecular formula is C18H19ClFN3O. The predicted molar refractivity (Wildman–Crippen MR) is 91.5 cm³/mol. The molecule has 1 N–H and O–H groups in total. The molecule has 0 bridgehead atoms. The number of carbonyl (C=O) groups is 1. The summed E-state index contributed by atoms with van der Waals surface area (Å²) in [5.41, 5.74) is 0.987. The Hall–Kier alpha value is -1.98. The Morgan fingerprint density at radius 1 is 1.25 bits per heavy atom. The van der Waals surface area contributed by atoms with Crippen molar-refractivity contribution in [1.29, 1.82) is 0 Å². The highest BCUT2D eigenvalue weighted by molar-refractivity contribution is 6.31. The van der Waals surface area contributed by atoms with E-state index in [1.807, 2.05) is 0 Å². The van der Waals surface area contributed by atoms with E-state index in [0.717, 1.165) is 25.9 Å². The normalized spacial score (nSPS) is 16.1. The van der Waals surface area contributed by atoms with Gasteiger partial charge in [0, 0.05) is 35.1 Å². The molecule has 4 nitrogen and oxygen atoms in total. The number of rotatable bonds is 5. The lowest BCUT2D eigenvalue weighted by Crippen LogP contribution is -2.37.